The summed E-state index contributed by atoms with van der Waals surface area (Å²) >= 11 is 0. The monoisotopic (exact) mass is 313 g/mol. The van der Waals surface area contributed by atoms with E-state index in [1.165, 1.54) is 24.3 Å². The molecule has 2 aromatic rings. The molecule has 0 bridgehead atoms. The lowest BCUT2D eigenvalue weighted by Crippen LogP contribution is -2.21. The molecule has 1 amide bonds. The minimum atomic E-state index is -0.450. The largest absolute Gasteiger partial charge is 0.372 e. The van der Waals surface area contributed by atoms with Crippen LogP contribution in [0.1, 0.15) is 29.8 Å². The topological polar surface area (TPSA) is 44.7 Å². The highest BCUT2D eigenvalue weighted by atomic mass is 19.1. The van der Waals surface area contributed by atoms with Gasteiger partial charge in [-0.25, -0.2) is 9.82 Å². The molecular formula is C18H20FN3O. The molecule has 2 aromatic carbocycles. The van der Waals surface area contributed by atoms with Crippen LogP contribution in [0.25, 0.3) is 0 Å². The van der Waals surface area contributed by atoms with Gasteiger partial charge >= 0.3 is 0 Å². The number of rotatable bonds is 6. The van der Waals surface area contributed by atoms with Gasteiger partial charge in [0.25, 0.3) is 5.91 Å². The summed E-state index contributed by atoms with van der Waals surface area (Å²) in [5, 5.41) is 3.90. The van der Waals surface area contributed by atoms with Gasteiger partial charge < -0.3 is 4.90 Å². The number of carbonyl (C=O) groups excluding carboxylic acids is 1. The molecule has 1 N–H and O–H groups in total. The lowest BCUT2D eigenvalue weighted by atomic mass is 10.2. The van der Waals surface area contributed by atoms with Crippen molar-refractivity contribution in [3.63, 3.8) is 0 Å². The third kappa shape index (κ3) is 4.64. The van der Waals surface area contributed by atoms with Crippen molar-refractivity contribution < 1.29 is 9.18 Å². The first kappa shape index (κ1) is 16.7. The van der Waals surface area contributed by atoms with Crippen LogP contribution in [0, 0.1) is 5.82 Å². The van der Waals surface area contributed by atoms with Gasteiger partial charge in [0.2, 0.25) is 0 Å². The summed E-state index contributed by atoms with van der Waals surface area (Å²) in [6, 6.07) is 13.4. The average Bonchev–Trinajstić information content (AvgIpc) is 2.57. The van der Waals surface area contributed by atoms with Crippen LogP contribution in [-0.2, 0) is 0 Å². The summed E-state index contributed by atoms with van der Waals surface area (Å²) in [6.07, 6.45) is 1.56. The first-order valence-electron chi connectivity index (χ1n) is 7.58. The Hall–Kier alpha value is -2.69. The maximum absolute atomic E-state index is 13.1. The molecule has 5 heteroatoms. The van der Waals surface area contributed by atoms with Crippen molar-refractivity contribution in [3.8, 4) is 0 Å². The number of hydrogen-bond acceptors (Lipinski definition) is 3. The Kier molecular flexibility index (Phi) is 5.86. The van der Waals surface area contributed by atoms with E-state index in [-0.39, 0.29) is 5.56 Å². The normalized spacial score (nSPS) is 10.7. The number of anilines is 1. The van der Waals surface area contributed by atoms with Crippen LogP contribution in [0.3, 0.4) is 0 Å². The van der Waals surface area contributed by atoms with E-state index < -0.39 is 11.7 Å². The molecule has 0 fully saturated rings. The Morgan fingerprint density at radius 1 is 1.17 bits per heavy atom. The molecule has 0 atom stereocenters. The number of benzene rings is 2. The minimum Gasteiger partial charge on any atom is -0.372 e. The van der Waals surface area contributed by atoms with Gasteiger partial charge in [-0.15, -0.1) is 0 Å². The van der Waals surface area contributed by atoms with E-state index in [0.29, 0.717) is 0 Å². The number of nitrogens with zero attached hydrogens (tertiary/aromatic N) is 2. The van der Waals surface area contributed by atoms with Crippen LogP contribution in [0.2, 0.25) is 0 Å². The minimum absolute atomic E-state index is 0.235. The highest BCUT2D eigenvalue weighted by molar-refractivity contribution is 5.94. The van der Waals surface area contributed by atoms with Gasteiger partial charge in [-0.3, -0.25) is 4.79 Å². The fourth-order valence-electron chi connectivity index (χ4n) is 2.22. The third-order valence-electron chi connectivity index (χ3n) is 3.49. The third-order valence-corrected chi connectivity index (χ3v) is 3.49. The Bertz CT molecular complexity index is 679. The molecule has 0 unspecified atom stereocenters. The van der Waals surface area contributed by atoms with Crippen molar-refractivity contribution in [2.45, 2.75) is 13.8 Å². The predicted molar refractivity (Wildman–Crippen MR) is 91.5 cm³/mol. The summed E-state index contributed by atoms with van der Waals surface area (Å²) in [7, 11) is 0. The zero-order valence-corrected chi connectivity index (χ0v) is 13.3. The van der Waals surface area contributed by atoms with Crippen LogP contribution in [0.5, 0.6) is 0 Å². The van der Waals surface area contributed by atoms with Gasteiger partial charge in [0.05, 0.1) is 6.21 Å². The van der Waals surface area contributed by atoms with Crippen molar-refractivity contribution in [1.82, 2.24) is 5.43 Å². The number of amides is 1. The number of nitrogens with one attached hydrogen (secondary N) is 1. The van der Waals surface area contributed by atoms with E-state index in [4.69, 9.17) is 0 Å². The second kappa shape index (κ2) is 8.08. The van der Waals surface area contributed by atoms with Gasteiger partial charge in [0, 0.05) is 24.3 Å². The first-order chi connectivity index (χ1) is 11.1. The van der Waals surface area contributed by atoms with Gasteiger partial charge in [-0.2, -0.15) is 5.10 Å². The molecular weight excluding hydrogens is 293 g/mol. The lowest BCUT2D eigenvalue weighted by Gasteiger charge is -2.20. The molecule has 0 spiro atoms. The van der Waals surface area contributed by atoms with Crippen LogP contribution in [0.4, 0.5) is 10.1 Å². The fraction of sp³-hybridized carbons (Fsp3) is 0.222. The Morgan fingerprint density at radius 3 is 2.48 bits per heavy atom. The standard InChI is InChI=1S/C18H20FN3O/c1-3-22(4-2)17-10-8-14(9-11-17)13-20-21-18(23)15-6-5-7-16(19)12-15/h5-13H,3-4H2,1-2H3,(H,21,23)/b20-13-. The second-order valence-corrected chi connectivity index (χ2v) is 4.97. The summed E-state index contributed by atoms with van der Waals surface area (Å²) in [5.74, 6) is -0.894. The summed E-state index contributed by atoms with van der Waals surface area (Å²) in [6.45, 7) is 6.13. The molecule has 23 heavy (non-hydrogen) atoms. The fourth-order valence-corrected chi connectivity index (χ4v) is 2.22. The Morgan fingerprint density at radius 2 is 1.87 bits per heavy atom. The van der Waals surface area contributed by atoms with E-state index in [9.17, 15) is 9.18 Å². The van der Waals surface area contributed by atoms with E-state index in [2.05, 4.69) is 29.3 Å². The van der Waals surface area contributed by atoms with Crippen molar-refractivity contribution in [1.29, 1.82) is 0 Å². The number of hydrogen-bond donors (Lipinski definition) is 1. The molecule has 4 nitrogen and oxygen atoms in total. The number of carbonyl (C=O) groups is 1. The maximum Gasteiger partial charge on any atom is 0.271 e. The van der Waals surface area contributed by atoms with Crippen LogP contribution >= 0.6 is 0 Å². The van der Waals surface area contributed by atoms with Crippen molar-refractivity contribution >= 4 is 17.8 Å². The zero-order valence-electron chi connectivity index (χ0n) is 13.3. The summed E-state index contributed by atoms with van der Waals surface area (Å²) in [4.78, 5) is 14.1. The molecule has 0 aliphatic heterocycles. The molecule has 120 valence electrons. The molecule has 0 aromatic heterocycles. The van der Waals surface area contributed by atoms with E-state index in [1.54, 1.807) is 6.21 Å². The van der Waals surface area contributed by atoms with Gasteiger partial charge in [0.15, 0.2) is 0 Å². The van der Waals surface area contributed by atoms with E-state index in [1.807, 2.05) is 24.3 Å². The zero-order chi connectivity index (χ0) is 16.7. The van der Waals surface area contributed by atoms with Gasteiger partial charge in [-0.1, -0.05) is 18.2 Å². The van der Waals surface area contributed by atoms with Gasteiger partial charge in [0.1, 0.15) is 5.82 Å². The van der Waals surface area contributed by atoms with E-state index >= 15 is 0 Å². The predicted octanol–water partition coefficient (Wildman–Crippen LogP) is 3.44. The van der Waals surface area contributed by atoms with E-state index in [0.717, 1.165) is 24.3 Å². The molecule has 2 rings (SSSR count). The number of hydrazone groups is 1. The smallest absolute Gasteiger partial charge is 0.271 e. The molecule has 0 aliphatic carbocycles. The Labute approximate surface area is 135 Å². The molecule has 0 saturated carbocycles. The summed E-state index contributed by atoms with van der Waals surface area (Å²) < 4.78 is 13.1. The highest BCUT2D eigenvalue weighted by Crippen LogP contribution is 2.14. The highest BCUT2D eigenvalue weighted by Gasteiger charge is 2.04. The quantitative estimate of drug-likeness (QED) is 0.656. The van der Waals surface area contributed by atoms with Crippen molar-refractivity contribution in [2.75, 3.05) is 18.0 Å². The first-order valence-corrected chi connectivity index (χ1v) is 7.58. The van der Waals surface area contributed by atoms with Crippen LogP contribution < -0.4 is 10.3 Å². The van der Waals surface area contributed by atoms with Crippen molar-refractivity contribution in [3.05, 3.63) is 65.5 Å². The molecule has 0 aliphatic rings. The Balaban J connectivity index is 1.96. The molecule has 0 saturated heterocycles. The summed E-state index contributed by atoms with van der Waals surface area (Å²) in [5.41, 5.74) is 4.65. The maximum atomic E-state index is 13.1. The molecule has 0 radical (unpaired) electrons. The number of halogens is 1. The van der Waals surface area contributed by atoms with Crippen LogP contribution in [0.15, 0.2) is 53.6 Å². The second-order valence-electron chi connectivity index (χ2n) is 4.97. The van der Waals surface area contributed by atoms with Crippen molar-refractivity contribution in [2.24, 2.45) is 5.10 Å². The molecule has 0 heterocycles. The SMILES string of the molecule is CCN(CC)c1ccc(/C=N\NC(=O)c2cccc(F)c2)cc1. The van der Waals surface area contributed by atoms with Gasteiger partial charge in [-0.05, 0) is 49.7 Å². The van der Waals surface area contributed by atoms with Crippen LogP contribution in [-0.4, -0.2) is 25.2 Å². The lowest BCUT2D eigenvalue weighted by molar-refractivity contribution is 0.0954. The average molecular weight is 313 g/mol.